The van der Waals surface area contributed by atoms with Crippen LogP contribution in [0.1, 0.15) is 42.1 Å². The van der Waals surface area contributed by atoms with E-state index >= 15 is 0 Å². The van der Waals surface area contributed by atoms with Gasteiger partial charge in [-0.3, -0.25) is 9.59 Å². The molecule has 0 N–H and O–H groups in total. The summed E-state index contributed by atoms with van der Waals surface area (Å²) in [5.74, 6) is -0.567. The Morgan fingerprint density at radius 2 is 1.79 bits per heavy atom. The number of aryl methyl sites for hydroxylation is 2. The smallest absolute Gasteiger partial charge is 0.307 e. The van der Waals surface area contributed by atoms with Gasteiger partial charge in [-0.05, 0) is 43.2 Å². The highest BCUT2D eigenvalue weighted by molar-refractivity contribution is 6.00. The quantitative estimate of drug-likeness (QED) is 0.420. The molecule has 7 heteroatoms. The number of rotatable bonds is 8. The first-order valence-corrected chi connectivity index (χ1v) is 9.37. The van der Waals surface area contributed by atoms with Gasteiger partial charge in [-0.25, -0.2) is 4.39 Å². The summed E-state index contributed by atoms with van der Waals surface area (Å²) in [5, 5.41) is 3.82. The molecule has 3 aromatic rings. The number of carbonyl (C=O) groups is 2. The number of hydrogen-bond donors (Lipinski definition) is 0. The molecule has 0 aliphatic rings. The lowest BCUT2D eigenvalue weighted by atomic mass is 10.0. The first-order valence-electron chi connectivity index (χ1n) is 9.37. The van der Waals surface area contributed by atoms with Gasteiger partial charge in [0.25, 0.3) is 0 Å². The van der Waals surface area contributed by atoms with Crippen LogP contribution in [0.25, 0.3) is 11.4 Å². The summed E-state index contributed by atoms with van der Waals surface area (Å²) >= 11 is 0. The van der Waals surface area contributed by atoms with Gasteiger partial charge in [-0.15, -0.1) is 0 Å². The van der Waals surface area contributed by atoms with Crippen molar-refractivity contribution in [2.24, 2.45) is 0 Å². The lowest BCUT2D eigenvalue weighted by Crippen LogP contribution is -2.24. The zero-order chi connectivity index (χ0) is 20.8. The van der Waals surface area contributed by atoms with Crippen LogP contribution in [-0.4, -0.2) is 28.0 Å². The van der Waals surface area contributed by atoms with E-state index < -0.39 is 12.1 Å². The second-order valence-corrected chi connectivity index (χ2v) is 6.57. The number of nitrogens with zero attached hydrogens (tertiary/aromatic N) is 2. The first-order chi connectivity index (χ1) is 14.0. The molecular weight excluding hydrogens is 375 g/mol. The Balaban J connectivity index is 1.51. The molecule has 150 valence electrons. The Morgan fingerprint density at radius 1 is 1.10 bits per heavy atom. The van der Waals surface area contributed by atoms with Gasteiger partial charge < -0.3 is 9.26 Å². The molecule has 3 rings (SSSR count). The van der Waals surface area contributed by atoms with Gasteiger partial charge in [0, 0.05) is 17.5 Å². The Kier molecular flexibility index (Phi) is 6.49. The summed E-state index contributed by atoms with van der Waals surface area (Å²) in [4.78, 5) is 28.7. The summed E-state index contributed by atoms with van der Waals surface area (Å²) in [6, 6.07) is 12.9. The predicted octanol–water partition coefficient (Wildman–Crippen LogP) is 4.19. The largest absolute Gasteiger partial charge is 0.454 e. The highest BCUT2D eigenvalue weighted by atomic mass is 19.1. The monoisotopic (exact) mass is 396 g/mol. The Bertz CT molecular complexity index is 981. The van der Waals surface area contributed by atoms with E-state index in [1.54, 1.807) is 31.2 Å². The highest BCUT2D eigenvalue weighted by Crippen LogP contribution is 2.17. The zero-order valence-corrected chi connectivity index (χ0v) is 16.2. The lowest BCUT2D eigenvalue weighted by Gasteiger charge is -2.12. The average molecular weight is 396 g/mol. The molecule has 2 aromatic carbocycles. The zero-order valence-electron chi connectivity index (χ0n) is 16.2. The third-order valence-electron chi connectivity index (χ3n) is 4.44. The van der Waals surface area contributed by atoms with Gasteiger partial charge in [0.2, 0.25) is 17.5 Å². The molecule has 6 nitrogen and oxygen atoms in total. The SMILES string of the molecule is CCc1ccc(C(=O)C(C)OC(=O)CCc2nc(-c3ccc(F)cc3)no2)cc1. The standard InChI is InChI=1S/C22H21FN2O4/c1-3-15-4-6-16(7-5-15)21(27)14(2)28-20(26)13-12-19-24-22(25-29-19)17-8-10-18(23)11-9-17/h4-11,14H,3,12-13H2,1-2H3. The maximum absolute atomic E-state index is 13.0. The normalized spacial score (nSPS) is 11.8. The van der Waals surface area contributed by atoms with Crippen molar-refractivity contribution in [3.8, 4) is 11.4 Å². The van der Waals surface area contributed by atoms with E-state index in [9.17, 15) is 14.0 Å². The molecule has 29 heavy (non-hydrogen) atoms. The molecule has 0 aliphatic heterocycles. The fraction of sp³-hybridized carbons (Fsp3) is 0.273. The first kappa shape index (κ1) is 20.4. The van der Waals surface area contributed by atoms with Gasteiger partial charge in [0.15, 0.2) is 6.10 Å². The summed E-state index contributed by atoms with van der Waals surface area (Å²) in [6.07, 6.45) is 0.182. The van der Waals surface area contributed by atoms with E-state index in [4.69, 9.17) is 9.26 Å². The number of esters is 1. The summed E-state index contributed by atoms with van der Waals surface area (Å²) < 4.78 is 23.3. The van der Waals surface area contributed by atoms with Crippen molar-refractivity contribution < 1.29 is 23.2 Å². The molecule has 1 heterocycles. The summed E-state index contributed by atoms with van der Waals surface area (Å²) in [7, 11) is 0. The van der Waals surface area contributed by atoms with Crippen molar-refractivity contribution in [3.63, 3.8) is 0 Å². The minimum atomic E-state index is -0.882. The van der Waals surface area contributed by atoms with E-state index in [1.807, 2.05) is 19.1 Å². The number of aromatic nitrogens is 2. The molecule has 0 saturated carbocycles. The van der Waals surface area contributed by atoms with Gasteiger partial charge in [-0.1, -0.05) is 36.3 Å². The number of benzene rings is 2. The molecule has 0 amide bonds. The molecule has 0 spiro atoms. The van der Waals surface area contributed by atoms with Crippen LogP contribution in [0.3, 0.4) is 0 Å². The second kappa shape index (κ2) is 9.23. The van der Waals surface area contributed by atoms with Gasteiger partial charge in [0.1, 0.15) is 5.82 Å². The van der Waals surface area contributed by atoms with E-state index in [0.29, 0.717) is 17.0 Å². The van der Waals surface area contributed by atoms with Crippen molar-refractivity contribution in [2.75, 3.05) is 0 Å². The number of carbonyl (C=O) groups excluding carboxylic acids is 2. The fourth-order valence-corrected chi connectivity index (χ4v) is 2.73. The molecule has 0 fully saturated rings. The van der Waals surface area contributed by atoms with Crippen molar-refractivity contribution >= 4 is 11.8 Å². The molecule has 0 bridgehead atoms. The maximum Gasteiger partial charge on any atom is 0.307 e. The third-order valence-corrected chi connectivity index (χ3v) is 4.44. The van der Waals surface area contributed by atoms with E-state index in [2.05, 4.69) is 10.1 Å². The molecule has 1 atom stereocenters. The minimum absolute atomic E-state index is 0.00254. The van der Waals surface area contributed by atoms with Crippen LogP contribution in [0.4, 0.5) is 4.39 Å². The van der Waals surface area contributed by atoms with Crippen molar-refractivity contribution in [1.29, 1.82) is 0 Å². The number of ether oxygens (including phenoxy) is 1. The van der Waals surface area contributed by atoms with Crippen LogP contribution in [0.2, 0.25) is 0 Å². The number of ketones is 1. The Morgan fingerprint density at radius 3 is 2.45 bits per heavy atom. The van der Waals surface area contributed by atoms with Crippen LogP contribution in [0.5, 0.6) is 0 Å². The van der Waals surface area contributed by atoms with E-state index in [1.165, 1.54) is 12.1 Å². The van der Waals surface area contributed by atoms with Gasteiger partial charge in [0.05, 0.1) is 6.42 Å². The number of Topliss-reactive ketones (excluding diaryl/α,β-unsaturated/α-hetero) is 1. The van der Waals surface area contributed by atoms with Crippen LogP contribution in [-0.2, 0) is 22.4 Å². The van der Waals surface area contributed by atoms with Crippen molar-refractivity contribution in [2.45, 2.75) is 39.2 Å². The number of halogens is 1. The van der Waals surface area contributed by atoms with Crippen molar-refractivity contribution in [3.05, 3.63) is 71.4 Å². The number of hydrogen-bond acceptors (Lipinski definition) is 6. The van der Waals surface area contributed by atoms with Crippen LogP contribution in [0.15, 0.2) is 53.1 Å². The van der Waals surface area contributed by atoms with Crippen LogP contribution < -0.4 is 0 Å². The average Bonchev–Trinajstić information content (AvgIpc) is 3.21. The molecule has 1 unspecified atom stereocenters. The highest BCUT2D eigenvalue weighted by Gasteiger charge is 2.20. The topological polar surface area (TPSA) is 82.3 Å². The predicted molar refractivity (Wildman–Crippen MR) is 104 cm³/mol. The lowest BCUT2D eigenvalue weighted by molar-refractivity contribution is -0.146. The van der Waals surface area contributed by atoms with Crippen LogP contribution in [0, 0.1) is 5.82 Å². The maximum atomic E-state index is 13.0. The van der Waals surface area contributed by atoms with E-state index in [-0.39, 0.29) is 30.3 Å². The Labute approximate surface area is 167 Å². The molecule has 1 aromatic heterocycles. The van der Waals surface area contributed by atoms with Gasteiger partial charge in [-0.2, -0.15) is 4.98 Å². The summed E-state index contributed by atoms with van der Waals surface area (Å²) in [5.41, 5.74) is 2.24. The van der Waals surface area contributed by atoms with E-state index in [0.717, 1.165) is 12.0 Å². The third kappa shape index (κ3) is 5.34. The minimum Gasteiger partial charge on any atom is -0.454 e. The molecule has 0 saturated heterocycles. The van der Waals surface area contributed by atoms with Crippen LogP contribution >= 0.6 is 0 Å². The molecule has 0 aliphatic carbocycles. The fourth-order valence-electron chi connectivity index (χ4n) is 2.73. The second-order valence-electron chi connectivity index (χ2n) is 6.57. The summed E-state index contributed by atoms with van der Waals surface area (Å²) in [6.45, 7) is 3.58. The van der Waals surface area contributed by atoms with Crippen molar-refractivity contribution in [1.82, 2.24) is 10.1 Å². The Hall–Kier alpha value is -3.35. The molecular formula is C22H21FN2O4. The molecule has 0 radical (unpaired) electrons. The van der Waals surface area contributed by atoms with Gasteiger partial charge >= 0.3 is 5.97 Å².